The van der Waals surface area contributed by atoms with Crippen molar-refractivity contribution in [1.29, 1.82) is 0 Å². The predicted octanol–water partition coefficient (Wildman–Crippen LogP) is 1.53. The van der Waals surface area contributed by atoms with Crippen LogP contribution in [0.4, 0.5) is 10.5 Å². The molecular formula is C12H14BrN3O2. The zero-order valence-electron chi connectivity index (χ0n) is 9.94. The van der Waals surface area contributed by atoms with Crippen LogP contribution in [-0.4, -0.2) is 24.5 Å². The lowest BCUT2D eigenvalue weighted by molar-refractivity contribution is -0.118. The number of halogens is 1. The lowest BCUT2D eigenvalue weighted by Gasteiger charge is -2.17. The SMILES string of the molecule is Cc1cc(N2CC[C@@H](NC(N)=O)C2=O)ccc1Br. The van der Waals surface area contributed by atoms with Crippen molar-refractivity contribution in [3.05, 3.63) is 28.2 Å². The summed E-state index contributed by atoms with van der Waals surface area (Å²) in [6.45, 7) is 2.55. The Labute approximate surface area is 113 Å². The highest BCUT2D eigenvalue weighted by atomic mass is 79.9. The number of anilines is 1. The molecule has 1 aliphatic rings. The average Bonchev–Trinajstić information content (AvgIpc) is 2.64. The van der Waals surface area contributed by atoms with Crippen molar-refractivity contribution in [3.8, 4) is 0 Å². The number of urea groups is 1. The van der Waals surface area contributed by atoms with Crippen molar-refractivity contribution in [2.75, 3.05) is 11.4 Å². The molecule has 6 heteroatoms. The normalized spacial score (nSPS) is 19.1. The first-order chi connectivity index (χ1) is 8.49. The Balaban J connectivity index is 2.18. The molecule has 18 heavy (non-hydrogen) atoms. The van der Waals surface area contributed by atoms with Crippen LogP contribution in [0.3, 0.4) is 0 Å². The molecule has 3 amide bonds. The number of carbonyl (C=O) groups excluding carboxylic acids is 2. The van der Waals surface area contributed by atoms with Crippen LogP contribution in [0.2, 0.25) is 0 Å². The molecule has 1 saturated heterocycles. The van der Waals surface area contributed by atoms with Crippen LogP contribution >= 0.6 is 15.9 Å². The highest BCUT2D eigenvalue weighted by Gasteiger charge is 2.33. The number of amides is 3. The van der Waals surface area contributed by atoms with Gasteiger partial charge in [0.25, 0.3) is 0 Å². The van der Waals surface area contributed by atoms with Gasteiger partial charge in [-0.15, -0.1) is 0 Å². The maximum atomic E-state index is 12.1. The van der Waals surface area contributed by atoms with Crippen molar-refractivity contribution in [3.63, 3.8) is 0 Å². The van der Waals surface area contributed by atoms with E-state index in [-0.39, 0.29) is 5.91 Å². The van der Waals surface area contributed by atoms with E-state index in [9.17, 15) is 9.59 Å². The van der Waals surface area contributed by atoms with Gasteiger partial charge in [0.1, 0.15) is 6.04 Å². The molecular weight excluding hydrogens is 298 g/mol. The number of carbonyl (C=O) groups is 2. The molecule has 0 aromatic heterocycles. The van der Waals surface area contributed by atoms with Crippen molar-refractivity contribution in [2.45, 2.75) is 19.4 Å². The Morgan fingerprint density at radius 3 is 2.89 bits per heavy atom. The number of nitrogens with one attached hydrogen (secondary N) is 1. The summed E-state index contributed by atoms with van der Waals surface area (Å²) < 4.78 is 1.00. The first kappa shape index (κ1) is 12.9. The molecule has 1 aliphatic heterocycles. The molecule has 5 nitrogen and oxygen atoms in total. The Morgan fingerprint density at radius 2 is 2.28 bits per heavy atom. The molecule has 1 aromatic rings. The van der Waals surface area contributed by atoms with Crippen LogP contribution in [-0.2, 0) is 4.79 Å². The van der Waals surface area contributed by atoms with Gasteiger partial charge in [-0.3, -0.25) is 4.79 Å². The van der Waals surface area contributed by atoms with Crippen molar-refractivity contribution < 1.29 is 9.59 Å². The van der Waals surface area contributed by atoms with Crippen molar-refractivity contribution in [2.24, 2.45) is 5.73 Å². The van der Waals surface area contributed by atoms with Crippen LogP contribution in [0.25, 0.3) is 0 Å². The van der Waals surface area contributed by atoms with E-state index in [4.69, 9.17) is 5.73 Å². The molecule has 1 fully saturated rings. The van der Waals surface area contributed by atoms with Gasteiger partial charge in [0.05, 0.1) is 0 Å². The van der Waals surface area contributed by atoms with Gasteiger partial charge in [-0.1, -0.05) is 15.9 Å². The summed E-state index contributed by atoms with van der Waals surface area (Å²) in [5.74, 6) is -0.115. The highest BCUT2D eigenvalue weighted by molar-refractivity contribution is 9.10. The topological polar surface area (TPSA) is 75.4 Å². The number of rotatable bonds is 2. The summed E-state index contributed by atoms with van der Waals surface area (Å²) in [4.78, 5) is 24.5. The van der Waals surface area contributed by atoms with E-state index in [0.717, 1.165) is 15.7 Å². The summed E-state index contributed by atoms with van der Waals surface area (Å²) in [5.41, 5.74) is 6.94. The molecule has 3 N–H and O–H groups in total. The van der Waals surface area contributed by atoms with Gasteiger partial charge >= 0.3 is 6.03 Å². The summed E-state index contributed by atoms with van der Waals surface area (Å²) in [6.07, 6.45) is 0.580. The molecule has 96 valence electrons. The minimum Gasteiger partial charge on any atom is -0.352 e. The fourth-order valence-corrected chi connectivity index (χ4v) is 2.29. The minimum atomic E-state index is -0.665. The second-order valence-electron chi connectivity index (χ2n) is 4.27. The van der Waals surface area contributed by atoms with Gasteiger partial charge in [0.2, 0.25) is 5.91 Å². The number of aryl methyl sites for hydroxylation is 1. The summed E-state index contributed by atoms with van der Waals surface area (Å²) in [6, 6.07) is 4.55. The zero-order chi connectivity index (χ0) is 13.3. The fourth-order valence-electron chi connectivity index (χ4n) is 2.04. The van der Waals surface area contributed by atoms with E-state index >= 15 is 0 Å². The van der Waals surface area contributed by atoms with Gasteiger partial charge in [-0.05, 0) is 37.1 Å². The van der Waals surface area contributed by atoms with E-state index < -0.39 is 12.1 Å². The van der Waals surface area contributed by atoms with Gasteiger partial charge in [-0.25, -0.2) is 4.79 Å². The zero-order valence-corrected chi connectivity index (χ0v) is 11.5. The summed E-state index contributed by atoms with van der Waals surface area (Å²) in [7, 11) is 0. The monoisotopic (exact) mass is 311 g/mol. The summed E-state index contributed by atoms with van der Waals surface area (Å²) >= 11 is 3.42. The molecule has 0 radical (unpaired) electrons. The number of hydrogen-bond acceptors (Lipinski definition) is 2. The van der Waals surface area contributed by atoms with E-state index in [1.165, 1.54) is 0 Å². The van der Waals surface area contributed by atoms with Gasteiger partial charge in [0, 0.05) is 16.7 Å². The van der Waals surface area contributed by atoms with Crippen LogP contribution in [0.15, 0.2) is 22.7 Å². The average molecular weight is 312 g/mol. The molecule has 1 atom stereocenters. The molecule has 0 unspecified atom stereocenters. The van der Waals surface area contributed by atoms with Gasteiger partial charge < -0.3 is 16.0 Å². The molecule has 0 aliphatic carbocycles. The molecule has 1 aromatic carbocycles. The number of nitrogens with zero attached hydrogens (tertiary/aromatic N) is 1. The maximum absolute atomic E-state index is 12.1. The van der Waals surface area contributed by atoms with Crippen LogP contribution in [0, 0.1) is 6.92 Å². The molecule has 0 bridgehead atoms. The van der Waals surface area contributed by atoms with E-state index in [0.29, 0.717) is 13.0 Å². The number of primary amides is 1. The standard InChI is InChI=1S/C12H14BrN3O2/c1-7-6-8(2-3-9(7)13)16-5-4-10(11(16)17)15-12(14)18/h2-3,6,10H,4-5H2,1H3,(H3,14,15,18)/t10-/m1/s1. The largest absolute Gasteiger partial charge is 0.352 e. The second kappa shape index (κ2) is 4.97. The molecule has 0 spiro atoms. The van der Waals surface area contributed by atoms with E-state index in [1.807, 2.05) is 25.1 Å². The van der Waals surface area contributed by atoms with E-state index in [1.54, 1.807) is 4.90 Å². The first-order valence-electron chi connectivity index (χ1n) is 5.62. The first-order valence-corrected chi connectivity index (χ1v) is 6.42. The van der Waals surface area contributed by atoms with Gasteiger partial charge in [0.15, 0.2) is 0 Å². The Morgan fingerprint density at radius 1 is 1.56 bits per heavy atom. The number of benzene rings is 1. The minimum absolute atomic E-state index is 0.115. The molecule has 2 rings (SSSR count). The molecule has 0 saturated carbocycles. The highest BCUT2D eigenvalue weighted by Crippen LogP contribution is 2.26. The van der Waals surface area contributed by atoms with Crippen LogP contribution in [0.1, 0.15) is 12.0 Å². The lowest BCUT2D eigenvalue weighted by Crippen LogP contribution is -2.43. The smallest absolute Gasteiger partial charge is 0.312 e. The number of nitrogens with two attached hydrogens (primary N) is 1. The maximum Gasteiger partial charge on any atom is 0.312 e. The second-order valence-corrected chi connectivity index (χ2v) is 5.13. The van der Waals surface area contributed by atoms with Crippen LogP contribution in [0.5, 0.6) is 0 Å². The predicted molar refractivity (Wildman–Crippen MR) is 72.4 cm³/mol. The summed E-state index contributed by atoms with van der Waals surface area (Å²) in [5, 5.41) is 2.46. The van der Waals surface area contributed by atoms with Crippen molar-refractivity contribution >= 4 is 33.6 Å². The quantitative estimate of drug-likeness (QED) is 0.869. The van der Waals surface area contributed by atoms with Crippen LogP contribution < -0.4 is 16.0 Å². The van der Waals surface area contributed by atoms with Gasteiger partial charge in [-0.2, -0.15) is 0 Å². The third-order valence-electron chi connectivity index (χ3n) is 2.98. The molecule has 1 heterocycles. The van der Waals surface area contributed by atoms with E-state index in [2.05, 4.69) is 21.2 Å². The Bertz CT molecular complexity index is 504. The lowest BCUT2D eigenvalue weighted by atomic mass is 10.2. The third-order valence-corrected chi connectivity index (χ3v) is 3.86. The number of hydrogen-bond donors (Lipinski definition) is 2. The fraction of sp³-hybridized carbons (Fsp3) is 0.333. The Kier molecular flexibility index (Phi) is 3.56. The third kappa shape index (κ3) is 2.48. The van der Waals surface area contributed by atoms with Crippen molar-refractivity contribution in [1.82, 2.24) is 5.32 Å². The Hall–Kier alpha value is -1.56.